The Labute approximate surface area is 225 Å². The third-order valence-corrected chi connectivity index (χ3v) is 7.44. The van der Waals surface area contributed by atoms with Gasteiger partial charge in [0.15, 0.2) is 0 Å². The number of fused-ring (bicyclic) bond motifs is 1. The van der Waals surface area contributed by atoms with Crippen LogP contribution in [0.3, 0.4) is 0 Å². The molecular weight excluding hydrogens is 470 g/mol. The molecule has 4 aromatic rings. The molecule has 5 nitrogen and oxygen atoms in total. The Morgan fingerprint density at radius 2 is 1.58 bits per heavy atom. The number of carbonyl (C=O) groups is 1. The van der Waals surface area contributed by atoms with Crippen LogP contribution in [0.25, 0.3) is 16.5 Å². The van der Waals surface area contributed by atoms with Crippen LogP contribution in [0.1, 0.15) is 67.8 Å². The van der Waals surface area contributed by atoms with Crippen LogP contribution in [-0.2, 0) is 6.54 Å². The molecule has 38 heavy (non-hydrogen) atoms. The van der Waals surface area contributed by atoms with Crippen LogP contribution in [0.15, 0.2) is 89.2 Å². The molecule has 196 valence electrons. The van der Waals surface area contributed by atoms with Gasteiger partial charge in [-0.05, 0) is 82.0 Å². The second-order valence-electron chi connectivity index (χ2n) is 10.7. The Morgan fingerprint density at radius 3 is 2.24 bits per heavy atom. The summed E-state index contributed by atoms with van der Waals surface area (Å²) >= 11 is 0. The Kier molecular flexibility index (Phi) is 7.75. The first kappa shape index (κ1) is 25.9. The molecule has 0 spiro atoms. The topological polar surface area (TPSA) is 49.6 Å². The number of hydrogen-bond donors (Lipinski definition) is 0. The lowest BCUT2D eigenvalue weighted by molar-refractivity contribution is 0.0643. The number of benzene rings is 2. The van der Waals surface area contributed by atoms with Gasteiger partial charge in [-0.15, -0.1) is 0 Å². The summed E-state index contributed by atoms with van der Waals surface area (Å²) in [6.45, 7) is 11.1. The molecular formula is C33H37N3O2. The number of pyridine rings is 1. The van der Waals surface area contributed by atoms with Crippen LogP contribution >= 0.6 is 0 Å². The minimum absolute atomic E-state index is 0.0776. The average Bonchev–Trinajstić information content (AvgIpc) is 3.43. The predicted octanol–water partition coefficient (Wildman–Crippen LogP) is 7.18. The Balaban J connectivity index is 1.51. The van der Waals surface area contributed by atoms with Crippen molar-refractivity contribution in [1.82, 2.24) is 14.8 Å². The smallest absolute Gasteiger partial charge is 0.254 e. The molecule has 1 amide bonds. The van der Waals surface area contributed by atoms with E-state index in [9.17, 15) is 4.79 Å². The number of nitrogens with zero attached hydrogens (tertiary/aromatic N) is 3. The maximum Gasteiger partial charge on any atom is 0.254 e. The molecule has 0 atom stereocenters. The molecule has 5 rings (SSSR count). The minimum Gasteiger partial charge on any atom is -0.468 e. The maximum atomic E-state index is 13.3. The van der Waals surface area contributed by atoms with Crippen molar-refractivity contribution in [3.63, 3.8) is 0 Å². The predicted molar refractivity (Wildman–Crippen MR) is 154 cm³/mol. The van der Waals surface area contributed by atoms with Gasteiger partial charge >= 0.3 is 0 Å². The zero-order valence-corrected chi connectivity index (χ0v) is 22.9. The summed E-state index contributed by atoms with van der Waals surface area (Å²) in [4.78, 5) is 22.5. The second kappa shape index (κ2) is 11.4. The normalized spacial score (nSPS) is 14.4. The molecule has 0 saturated carbocycles. The number of piperidine rings is 1. The lowest BCUT2D eigenvalue weighted by atomic mass is 9.87. The van der Waals surface area contributed by atoms with Crippen LogP contribution in [0.4, 0.5) is 0 Å². The number of carbonyl (C=O) groups excluding carboxylic acids is 1. The first-order chi connectivity index (χ1) is 18.4. The van der Waals surface area contributed by atoms with Gasteiger partial charge in [-0.25, -0.2) is 0 Å². The summed E-state index contributed by atoms with van der Waals surface area (Å²) in [7, 11) is 0. The number of likely N-dealkylation sites (tertiary alicyclic amines) is 1. The van der Waals surface area contributed by atoms with Gasteiger partial charge in [0.05, 0.1) is 18.3 Å². The average molecular weight is 508 g/mol. The summed E-state index contributed by atoms with van der Waals surface area (Å²) in [5.41, 5.74) is 6.71. The lowest BCUT2D eigenvalue weighted by Gasteiger charge is -2.31. The van der Waals surface area contributed by atoms with Crippen molar-refractivity contribution in [1.29, 1.82) is 0 Å². The van der Waals surface area contributed by atoms with Crippen molar-refractivity contribution in [3.05, 3.63) is 107 Å². The van der Waals surface area contributed by atoms with E-state index in [0.717, 1.165) is 65.8 Å². The second-order valence-corrected chi connectivity index (χ2v) is 10.7. The van der Waals surface area contributed by atoms with E-state index >= 15 is 0 Å². The highest BCUT2D eigenvalue weighted by molar-refractivity contribution is 5.98. The third-order valence-electron chi connectivity index (χ3n) is 7.44. The molecule has 0 unspecified atom stereocenters. The molecule has 5 heteroatoms. The number of para-hydroxylation sites is 1. The first-order valence-electron chi connectivity index (χ1n) is 13.7. The van der Waals surface area contributed by atoms with Crippen molar-refractivity contribution in [3.8, 4) is 0 Å². The highest BCUT2D eigenvalue weighted by Gasteiger charge is 2.24. The van der Waals surface area contributed by atoms with Gasteiger partial charge < -0.3 is 9.32 Å². The molecule has 3 heterocycles. The van der Waals surface area contributed by atoms with Crippen molar-refractivity contribution >= 4 is 22.4 Å². The lowest BCUT2D eigenvalue weighted by Crippen LogP contribution is -2.42. The van der Waals surface area contributed by atoms with E-state index < -0.39 is 0 Å². The molecule has 1 fully saturated rings. The third kappa shape index (κ3) is 5.44. The fourth-order valence-corrected chi connectivity index (χ4v) is 5.70. The van der Waals surface area contributed by atoms with Gasteiger partial charge in [-0.2, -0.15) is 0 Å². The van der Waals surface area contributed by atoms with E-state index in [2.05, 4.69) is 69.0 Å². The number of rotatable bonds is 7. The molecule has 1 aliphatic heterocycles. The largest absolute Gasteiger partial charge is 0.468 e. The number of hydrogen-bond acceptors (Lipinski definition) is 4. The minimum atomic E-state index is 0.0776. The van der Waals surface area contributed by atoms with E-state index in [4.69, 9.17) is 9.40 Å². The highest BCUT2D eigenvalue weighted by Crippen LogP contribution is 2.36. The molecule has 0 N–H and O–H groups in total. The summed E-state index contributed by atoms with van der Waals surface area (Å²) in [5.74, 6) is 1.09. The van der Waals surface area contributed by atoms with Crippen LogP contribution in [-0.4, -0.2) is 45.9 Å². The van der Waals surface area contributed by atoms with E-state index in [1.165, 1.54) is 11.1 Å². The molecule has 0 aliphatic carbocycles. The molecule has 0 radical (unpaired) electrons. The fourth-order valence-electron chi connectivity index (χ4n) is 5.70. The Hall–Kier alpha value is -3.70. The first-order valence-corrected chi connectivity index (χ1v) is 13.7. The van der Waals surface area contributed by atoms with E-state index in [1.54, 1.807) is 6.26 Å². The summed E-state index contributed by atoms with van der Waals surface area (Å²) in [6.07, 6.45) is 5.57. The van der Waals surface area contributed by atoms with Gasteiger partial charge in [0, 0.05) is 47.9 Å². The van der Waals surface area contributed by atoms with Crippen molar-refractivity contribution < 1.29 is 9.21 Å². The maximum absolute atomic E-state index is 13.3. The van der Waals surface area contributed by atoms with Crippen LogP contribution < -0.4 is 0 Å². The summed E-state index contributed by atoms with van der Waals surface area (Å²) in [6, 6.07) is 23.0. The molecule has 0 bridgehead atoms. The summed E-state index contributed by atoms with van der Waals surface area (Å²) < 4.78 is 5.58. The number of amides is 1. The molecule has 1 aliphatic rings. The van der Waals surface area contributed by atoms with Gasteiger partial charge in [-0.1, -0.05) is 42.0 Å². The quantitative estimate of drug-likeness (QED) is 0.266. The van der Waals surface area contributed by atoms with E-state index in [0.29, 0.717) is 0 Å². The van der Waals surface area contributed by atoms with Crippen LogP contribution in [0, 0.1) is 0 Å². The Bertz CT molecular complexity index is 1400. The monoisotopic (exact) mass is 507 g/mol. The number of furan rings is 1. The molecule has 2 aromatic carbocycles. The molecule has 2 aromatic heterocycles. The van der Waals surface area contributed by atoms with Crippen LogP contribution in [0.5, 0.6) is 0 Å². The SMILES string of the molecule is CC(C)N(C(=O)c1ccc(C(=C2CCN(Cc3ccco3)CC2)c2cccc3cccnc23)cc1)C(C)C. The van der Waals surface area contributed by atoms with Crippen LogP contribution in [0.2, 0.25) is 0 Å². The standard InChI is InChI=1S/C33H37N3O2/c1-23(2)36(24(3)4)33(37)28-14-12-25(13-15-28)31(30-11-5-8-27-9-6-18-34-32(27)30)26-16-19-35(20-17-26)22-29-10-7-21-38-29/h5-15,18,21,23-24H,16-17,19-20,22H2,1-4H3. The zero-order chi connectivity index (χ0) is 26.6. The van der Waals surface area contributed by atoms with Crippen molar-refractivity contribution in [2.75, 3.05) is 13.1 Å². The Morgan fingerprint density at radius 1 is 0.895 bits per heavy atom. The fraction of sp³-hybridized carbons (Fsp3) is 0.333. The van der Waals surface area contributed by atoms with Gasteiger partial charge in [0.2, 0.25) is 0 Å². The van der Waals surface area contributed by atoms with E-state index in [1.807, 2.05) is 41.4 Å². The highest BCUT2D eigenvalue weighted by atomic mass is 16.3. The number of aromatic nitrogens is 1. The van der Waals surface area contributed by atoms with Crippen molar-refractivity contribution in [2.24, 2.45) is 0 Å². The van der Waals surface area contributed by atoms with Gasteiger partial charge in [0.1, 0.15) is 5.76 Å². The van der Waals surface area contributed by atoms with E-state index in [-0.39, 0.29) is 18.0 Å². The van der Waals surface area contributed by atoms with Gasteiger partial charge in [0.25, 0.3) is 5.91 Å². The molecule has 1 saturated heterocycles. The van der Waals surface area contributed by atoms with Crippen molar-refractivity contribution in [2.45, 2.75) is 59.2 Å². The summed E-state index contributed by atoms with van der Waals surface area (Å²) in [5, 5.41) is 1.13. The van der Waals surface area contributed by atoms with Gasteiger partial charge in [-0.3, -0.25) is 14.7 Å². The zero-order valence-electron chi connectivity index (χ0n) is 22.9.